The Morgan fingerprint density at radius 1 is 0.857 bits per heavy atom. The molecule has 0 saturated carbocycles. The number of hydrogen-bond donors (Lipinski definition) is 0. The summed E-state index contributed by atoms with van der Waals surface area (Å²) in [6, 6.07) is 28.3. The van der Waals surface area contributed by atoms with Crippen molar-refractivity contribution in [1.29, 1.82) is 0 Å². The van der Waals surface area contributed by atoms with Gasteiger partial charge in [0.05, 0.1) is 4.90 Å². The second kappa shape index (κ2) is 8.28. The first-order valence-corrected chi connectivity index (χ1v) is 9.91. The van der Waals surface area contributed by atoms with Crippen LogP contribution in [0.1, 0.15) is 27.6 Å². The molecular weight excluding hydrogens is 368 g/mol. The molecule has 0 amide bonds. The third kappa shape index (κ3) is 4.07. The smallest absolute Gasteiger partial charge is 0.350 e. The summed E-state index contributed by atoms with van der Waals surface area (Å²) < 4.78 is 5.46. The Hall–Kier alpha value is -3.11. The molecule has 0 bridgehead atoms. The Labute approximate surface area is 167 Å². The number of hydrogen-bond acceptors (Lipinski definition) is 4. The molecule has 0 aliphatic carbocycles. The van der Waals surface area contributed by atoms with Gasteiger partial charge in [-0.25, -0.2) is 4.79 Å². The number of para-hydroxylation sites is 1. The van der Waals surface area contributed by atoms with Crippen molar-refractivity contribution in [3.05, 3.63) is 113 Å². The average Bonchev–Trinajstić information content (AvgIpc) is 2.75. The molecule has 1 heterocycles. The third-order valence-electron chi connectivity index (χ3n) is 4.52. The van der Waals surface area contributed by atoms with E-state index in [0.29, 0.717) is 22.5 Å². The van der Waals surface area contributed by atoms with Gasteiger partial charge < -0.3 is 4.42 Å². The first-order chi connectivity index (χ1) is 13.7. The van der Waals surface area contributed by atoms with Crippen LogP contribution >= 0.6 is 11.8 Å². The molecule has 4 heteroatoms. The monoisotopic (exact) mass is 386 g/mol. The highest BCUT2D eigenvalue weighted by molar-refractivity contribution is 7.99. The second-order valence-corrected chi connectivity index (χ2v) is 7.69. The molecule has 0 radical (unpaired) electrons. The number of rotatable bonds is 6. The Bertz CT molecular complexity index is 1150. The Morgan fingerprint density at radius 3 is 2.25 bits per heavy atom. The van der Waals surface area contributed by atoms with E-state index in [1.165, 1.54) is 11.8 Å². The van der Waals surface area contributed by atoms with Crippen LogP contribution in [0.25, 0.3) is 11.0 Å². The molecule has 1 aromatic heterocycles. The van der Waals surface area contributed by atoms with E-state index < -0.39 is 0 Å². The zero-order valence-corrected chi connectivity index (χ0v) is 15.9. The van der Waals surface area contributed by atoms with E-state index in [0.717, 1.165) is 10.9 Å². The van der Waals surface area contributed by atoms with E-state index >= 15 is 0 Å². The van der Waals surface area contributed by atoms with Crippen LogP contribution in [0.2, 0.25) is 0 Å². The first-order valence-electron chi connectivity index (χ1n) is 9.03. The number of ketones is 1. The van der Waals surface area contributed by atoms with Crippen molar-refractivity contribution < 1.29 is 9.21 Å². The second-order valence-electron chi connectivity index (χ2n) is 6.45. The lowest BCUT2D eigenvalue weighted by Gasteiger charge is -2.16. The van der Waals surface area contributed by atoms with Crippen molar-refractivity contribution in [1.82, 2.24) is 0 Å². The lowest BCUT2D eigenvalue weighted by atomic mass is 10.0. The molecule has 1 unspecified atom stereocenters. The zero-order valence-electron chi connectivity index (χ0n) is 15.1. The molecular formula is C24H18O3S. The van der Waals surface area contributed by atoms with Crippen molar-refractivity contribution in [2.45, 2.75) is 16.6 Å². The molecule has 28 heavy (non-hydrogen) atoms. The van der Waals surface area contributed by atoms with Crippen molar-refractivity contribution in [3.63, 3.8) is 0 Å². The van der Waals surface area contributed by atoms with Gasteiger partial charge in [-0.05, 0) is 17.7 Å². The summed E-state index contributed by atoms with van der Waals surface area (Å²) in [4.78, 5) is 25.8. The maximum Gasteiger partial charge on any atom is 0.350 e. The van der Waals surface area contributed by atoms with Crippen molar-refractivity contribution >= 4 is 28.5 Å². The summed E-state index contributed by atoms with van der Waals surface area (Å²) in [6.45, 7) is 0. The summed E-state index contributed by atoms with van der Waals surface area (Å²) >= 11 is 1.38. The quantitative estimate of drug-likeness (QED) is 0.235. The van der Waals surface area contributed by atoms with Crippen molar-refractivity contribution in [2.75, 3.05) is 0 Å². The molecule has 0 spiro atoms. The minimum absolute atomic E-state index is 0.0483. The van der Waals surface area contributed by atoms with Crippen LogP contribution in [-0.4, -0.2) is 5.78 Å². The summed E-state index contributed by atoms with van der Waals surface area (Å²) in [7, 11) is 0. The topological polar surface area (TPSA) is 47.3 Å². The van der Waals surface area contributed by atoms with Gasteiger partial charge in [-0.1, -0.05) is 78.9 Å². The van der Waals surface area contributed by atoms with Crippen LogP contribution in [0.15, 0.2) is 105 Å². The van der Waals surface area contributed by atoms with Gasteiger partial charge >= 0.3 is 5.63 Å². The number of fused-ring (bicyclic) bond motifs is 1. The molecule has 0 saturated heterocycles. The third-order valence-corrected chi connectivity index (χ3v) is 5.78. The summed E-state index contributed by atoms with van der Waals surface area (Å²) in [5.74, 6) is 0.0483. The predicted molar refractivity (Wildman–Crippen MR) is 113 cm³/mol. The fraction of sp³-hybridized carbons (Fsp3) is 0.0833. The molecule has 0 aliphatic heterocycles. The fourth-order valence-electron chi connectivity index (χ4n) is 3.08. The van der Waals surface area contributed by atoms with Gasteiger partial charge in [0.2, 0.25) is 0 Å². The fourth-order valence-corrected chi connectivity index (χ4v) is 4.25. The summed E-state index contributed by atoms with van der Waals surface area (Å²) in [5.41, 5.74) is 1.86. The Balaban J connectivity index is 1.67. The first kappa shape index (κ1) is 18.3. The lowest BCUT2D eigenvalue weighted by molar-refractivity contribution is 0.0982. The Kier molecular flexibility index (Phi) is 5.40. The van der Waals surface area contributed by atoms with Crippen LogP contribution in [0, 0.1) is 0 Å². The minimum atomic E-state index is -0.378. The predicted octanol–water partition coefficient (Wildman–Crippen LogP) is 5.90. The van der Waals surface area contributed by atoms with Crippen LogP contribution in [0.3, 0.4) is 0 Å². The highest BCUT2D eigenvalue weighted by Gasteiger charge is 2.20. The number of benzene rings is 3. The van der Waals surface area contributed by atoms with E-state index in [9.17, 15) is 9.59 Å². The highest BCUT2D eigenvalue weighted by Crippen LogP contribution is 2.38. The van der Waals surface area contributed by atoms with Crippen LogP contribution in [0.4, 0.5) is 0 Å². The van der Waals surface area contributed by atoms with Crippen LogP contribution < -0.4 is 5.63 Å². The Morgan fingerprint density at radius 2 is 1.50 bits per heavy atom. The number of carbonyl (C=O) groups excluding carboxylic acids is 1. The molecule has 0 aliphatic rings. The highest BCUT2D eigenvalue weighted by atomic mass is 32.2. The van der Waals surface area contributed by atoms with Gasteiger partial charge in [-0.15, -0.1) is 11.8 Å². The number of carbonyl (C=O) groups is 1. The van der Waals surface area contributed by atoms with E-state index in [-0.39, 0.29) is 16.7 Å². The van der Waals surface area contributed by atoms with Crippen LogP contribution in [-0.2, 0) is 0 Å². The van der Waals surface area contributed by atoms with Gasteiger partial charge in [0.15, 0.2) is 5.78 Å². The number of thioether (sulfide) groups is 1. The molecule has 3 nitrogen and oxygen atoms in total. The van der Waals surface area contributed by atoms with Gasteiger partial charge in [0, 0.05) is 22.6 Å². The van der Waals surface area contributed by atoms with Gasteiger partial charge in [0.1, 0.15) is 5.58 Å². The SMILES string of the molecule is O=C(CC(Sc1cc2ccccc2oc1=O)c1ccccc1)c1ccccc1. The van der Waals surface area contributed by atoms with E-state index in [2.05, 4.69) is 0 Å². The molecule has 0 N–H and O–H groups in total. The lowest BCUT2D eigenvalue weighted by Crippen LogP contribution is -2.08. The largest absolute Gasteiger partial charge is 0.422 e. The molecule has 138 valence electrons. The van der Waals surface area contributed by atoms with Crippen LogP contribution in [0.5, 0.6) is 0 Å². The van der Waals surface area contributed by atoms with Gasteiger partial charge in [-0.2, -0.15) is 0 Å². The minimum Gasteiger partial charge on any atom is -0.422 e. The standard InChI is InChI=1S/C24H18O3S/c25-20(17-9-3-1-4-10-17)16-22(18-11-5-2-6-12-18)28-23-15-19-13-7-8-14-21(19)27-24(23)26/h1-15,22H,16H2. The molecule has 3 aromatic carbocycles. The normalized spacial score (nSPS) is 12.0. The maximum atomic E-state index is 12.8. The van der Waals surface area contributed by atoms with E-state index in [1.807, 2.05) is 84.9 Å². The molecule has 4 aromatic rings. The zero-order chi connectivity index (χ0) is 19.3. The molecule has 0 fully saturated rings. The van der Waals surface area contributed by atoms with Gasteiger partial charge in [-0.3, -0.25) is 4.79 Å². The van der Waals surface area contributed by atoms with Gasteiger partial charge in [0.25, 0.3) is 0 Å². The molecule has 1 atom stereocenters. The van der Waals surface area contributed by atoms with Crippen molar-refractivity contribution in [2.24, 2.45) is 0 Å². The molecule has 4 rings (SSSR count). The number of Topliss-reactive ketones (excluding diaryl/α,β-unsaturated/α-hetero) is 1. The summed E-state index contributed by atoms with van der Waals surface area (Å²) in [6.07, 6.45) is 0.297. The average molecular weight is 386 g/mol. The maximum absolute atomic E-state index is 12.8. The van der Waals surface area contributed by atoms with Crippen molar-refractivity contribution in [3.8, 4) is 0 Å². The summed E-state index contributed by atoms with van der Waals surface area (Å²) in [5, 5.41) is 0.684. The van der Waals surface area contributed by atoms with E-state index in [1.54, 1.807) is 6.07 Å². The van der Waals surface area contributed by atoms with E-state index in [4.69, 9.17) is 4.42 Å².